The summed E-state index contributed by atoms with van der Waals surface area (Å²) in [5.41, 5.74) is 2.57. The molecule has 0 bridgehead atoms. The molecule has 2 aromatic rings. The van der Waals surface area contributed by atoms with E-state index in [-0.39, 0.29) is 6.61 Å². The van der Waals surface area contributed by atoms with Crippen LogP contribution in [-0.4, -0.2) is 9.67 Å². The number of aromatic nitrogens is 1. The lowest BCUT2D eigenvalue weighted by Gasteiger charge is -2.04. The summed E-state index contributed by atoms with van der Waals surface area (Å²) in [5, 5.41) is 17.9. The summed E-state index contributed by atoms with van der Waals surface area (Å²) in [5.74, 6) is 0. The van der Waals surface area contributed by atoms with Crippen molar-refractivity contribution in [1.82, 2.24) is 4.57 Å². The van der Waals surface area contributed by atoms with Gasteiger partial charge >= 0.3 is 0 Å². The Morgan fingerprint density at radius 3 is 2.75 bits per heavy atom. The monoisotopic (exact) mass is 212 g/mol. The average Bonchev–Trinajstić information content (AvgIpc) is 2.77. The molecule has 0 spiro atoms. The van der Waals surface area contributed by atoms with Crippen LogP contribution in [0.2, 0.25) is 0 Å². The van der Waals surface area contributed by atoms with Gasteiger partial charge in [0.2, 0.25) is 0 Å². The van der Waals surface area contributed by atoms with Gasteiger partial charge < -0.3 is 9.67 Å². The Kier molecular flexibility index (Phi) is 3.04. The lowest BCUT2D eigenvalue weighted by Crippen LogP contribution is -1.98. The van der Waals surface area contributed by atoms with Crippen molar-refractivity contribution in [2.45, 2.75) is 13.2 Å². The second-order valence-electron chi connectivity index (χ2n) is 3.62. The molecule has 16 heavy (non-hydrogen) atoms. The number of aliphatic hydroxyl groups is 1. The molecule has 0 aliphatic carbocycles. The molecule has 80 valence electrons. The predicted molar refractivity (Wildman–Crippen MR) is 60.6 cm³/mol. The summed E-state index contributed by atoms with van der Waals surface area (Å²) < 4.78 is 1.96. The van der Waals surface area contributed by atoms with Gasteiger partial charge in [-0.1, -0.05) is 18.2 Å². The highest BCUT2D eigenvalue weighted by Gasteiger charge is 2.02. The smallest absolute Gasteiger partial charge is 0.0995 e. The number of rotatable bonds is 3. The molecule has 3 heteroatoms. The van der Waals surface area contributed by atoms with E-state index in [1.165, 1.54) is 0 Å². The molecule has 1 aromatic carbocycles. The first kappa shape index (κ1) is 10.5. The quantitative estimate of drug-likeness (QED) is 0.844. The Bertz CT molecular complexity index is 523. The zero-order valence-electron chi connectivity index (χ0n) is 8.80. The molecular formula is C13H12N2O. The highest BCUT2D eigenvalue weighted by atomic mass is 16.3. The van der Waals surface area contributed by atoms with Gasteiger partial charge in [-0.25, -0.2) is 0 Å². The summed E-state index contributed by atoms with van der Waals surface area (Å²) in [6.07, 6.45) is 3.79. The lowest BCUT2D eigenvalue weighted by molar-refractivity contribution is 0.282. The number of benzene rings is 1. The van der Waals surface area contributed by atoms with Gasteiger partial charge in [0.05, 0.1) is 18.2 Å². The van der Waals surface area contributed by atoms with E-state index < -0.39 is 0 Å². The molecule has 1 heterocycles. The first-order valence-electron chi connectivity index (χ1n) is 5.07. The standard InChI is InChI=1S/C13H12N2O/c14-7-12-3-1-2-4-13(12)9-15-6-5-11(8-15)10-16/h1-6,8,16H,9-10H2. The van der Waals surface area contributed by atoms with Gasteiger partial charge in [0.15, 0.2) is 0 Å². The maximum Gasteiger partial charge on any atom is 0.0995 e. The van der Waals surface area contributed by atoms with Gasteiger partial charge in [-0.2, -0.15) is 5.26 Å². The lowest BCUT2D eigenvalue weighted by atomic mass is 10.1. The zero-order chi connectivity index (χ0) is 11.4. The van der Waals surface area contributed by atoms with Crippen molar-refractivity contribution < 1.29 is 5.11 Å². The maximum absolute atomic E-state index is 8.95. The maximum atomic E-state index is 8.95. The van der Waals surface area contributed by atoms with Crippen LogP contribution in [0.5, 0.6) is 0 Å². The van der Waals surface area contributed by atoms with E-state index in [1.807, 2.05) is 47.3 Å². The van der Waals surface area contributed by atoms with Crippen molar-refractivity contribution in [3.05, 3.63) is 59.4 Å². The molecular weight excluding hydrogens is 200 g/mol. The highest BCUT2D eigenvalue weighted by molar-refractivity contribution is 5.37. The Hall–Kier alpha value is -2.05. The van der Waals surface area contributed by atoms with Crippen molar-refractivity contribution in [3.63, 3.8) is 0 Å². The summed E-state index contributed by atoms with van der Waals surface area (Å²) in [7, 11) is 0. The van der Waals surface area contributed by atoms with E-state index in [0.29, 0.717) is 12.1 Å². The van der Waals surface area contributed by atoms with Crippen LogP contribution in [0.1, 0.15) is 16.7 Å². The predicted octanol–water partition coefficient (Wildman–Crippen LogP) is 1.90. The fraction of sp³-hybridized carbons (Fsp3) is 0.154. The molecule has 0 aliphatic rings. The second kappa shape index (κ2) is 4.65. The zero-order valence-corrected chi connectivity index (χ0v) is 8.80. The van der Waals surface area contributed by atoms with Crippen molar-refractivity contribution in [3.8, 4) is 6.07 Å². The minimum Gasteiger partial charge on any atom is -0.392 e. The van der Waals surface area contributed by atoms with Crippen LogP contribution in [0, 0.1) is 11.3 Å². The third-order valence-electron chi connectivity index (χ3n) is 2.49. The van der Waals surface area contributed by atoms with Crippen LogP contribution in [0.3, 0.4) is 0 Å². The first-order chi connectivity index (χ1) is 7.83. The normalized spacial score (nSPS) is 10.0. The largest absolute Gasteiger partial charge is 0.392 e. The fourth-order valence-electron chi connectivity index (χ4n) is 1.65. The third kappa shape index (κ3) is 2.13. The Morgan fingerprint density at radius 2 is 2.06 bits per heavy atom. The summed E-state index contributed by atoms with van der Waals surface area (Å²) >= 11 is 0. The van der Waals surface area contributed by atoms with Crippen molar-refractivity contribution in [2.75, 3.05) is 0 Å². The SMILES string of the molecule is N#Cc1ccccc1Cn1ccc(CO)c1. The molecule has 3 nitrogen and oxygen atoms in total. The van der Waals surface area contributed by atoms with Crippen LogP contribution in [0.4, 0.5) is 0 Å². The van der Waals surface area contributed by atoms with Crippen molar-refractivity contribution in [1.29, 1.82) is 5.26 Å². The van der Waals surface area contributed by atoms with Gasteiger partial charge in [0.25, 0.3) is 0 Å². The fourth-order valence-corrected chi connectivity index (χ4v) is 1.65. The van der Waals surface area contributed by atoms with Crippen LogP contribution >= 0.6 is 0 Å². The summed E-state index contributed by atoms with van der Waals surface area (Å²) in [6, 6.07) is 11.6. The van der Waals surface area contributed by atoms with Crippen LogP contribution in [-0.2, 0) is 13.2 Å². The van der Waals surface area contributed by atoms with Crippen LogP contribution in [0.25, 0.3) is 0 Å². The third-order valence-corrected chi connectivity index (χ3v) is 2.49. The molecule has 0 saturated carbocycles. The van der Waals surface area contributed by atoms with Crippen LogP contribution in [0.15, 0.2) is 42.7 Å². The van der Waals surface area contributed by atoms with Crippen molar-refractivity contribution in [2.24, 2.45) is 0 Å². The molecule has 0 unspecified atom stereocenters. The molecule has 0 amide bonds. The van der Waals surface area contributed by atoms with Gasteiger partial charge in [-0.05, 0) is 23.3 Å². The Morgan fingerprint density at radius 1 is 1.25 bits per heavy atom. The number of nitriles is 1. The topological polar surface area (TPSA) is 49.0 Å². The van der Waals surface area contributed by atoms with E-state index in [1.54, 1.807) is 0 Å². The number of aliphatic hydroxyl groups excluding tert-OH is 1. The first-order valence-corrected chi connectivity index (χ1v) is 5.07. The van der Waals surface area contributed by atoms with Crippen LogP contribution < -0.4 is 0 Å². The average molecular weight is 212 g/mol. The second-order valence-corrected chi connectivity index (χ2v) is 3.62. The minimum atomic E-state index is 0.0485. The molecule has 0 fully saturated rings. The summed E-state index contributed by atoms with van der Waals surface area (Å²) in [4.78, 5) is 0. The molecule has 1 aromatic heterocycles. The number of nitrogens with zero attached hydrogens (tertiary/aromatic N) is 2. The minimum absolute atomic E-state index is 0.0485. The van der Waals surface area contributed by atoms with E-state index >= 15 is 0 Å². The molecule has 0 radical (unpaired) electrons. The number of hydrogen-bond donors (Lipinski definition) is 1. The highest BCUT2D eigenvalue weighted by Crippen LogP contribution is 2.10. The van der Waals surface area contributed by atoms with Gasteiger partial charge in [0.1, 0.15) is 0 Å². The van der Waals surface area contributed by atoms with Gasteiger partial charge in [0, 0.05) is 18.9 Å². The summed E-state index contributed by atoms with van der Waals surface area (Å²) in [6.45, 7) is 0.705. The van der Waals surface area contributed by atoms with Crippen molar-refractivity contribution >= 4 is 0 Å². The van der Waals surface area contributed by atoms with Gasteiger partial charge in [-0.15, -0.1) is 0 Å². The molecule has 0 atom stereocenters. The Labute approximate surface area is 94.2 Å². The van der Waals surface area contributed by atoms with E-state index in [2.05, 4.69) is 6.07 Å². The van der Waals surface area contributed by atoms with Gasteiger partial charge in [-0.3, -0.25) is 0 Å². The Balaban J connectivity index is 2.24. The molecule has 0 saturated heterocycles. The van der Waals surface area contributed by atoms with E-state index in [4.69, 9.17) is 10.4 Å². The number of hydrogen-bond acceptors (Lipinski definition) is 2. The molecule has 1 N–H and O–H groups in total. The molecule has 0 aliphatic heterocycles. The van der Waals surface area contributed by atoms with E-state index in [0.717, 1.165) is 11.1 Å². The van der Waals surface area contributed by atoms with E-state index in [9.17, 15) is 0 Å². The molecule has 2 rings (SSSR count).